The summed E-state index contributed by atoms with van der Waals surface area (Å²) in [6, 6.07) is 4.26. The molecule has 13 nitrogen and oxygen atoms in total. The number of carbonyl (C=O) groups excluding carboxylic acids is 5. The molecule has 0 spiro atoms. The van der Waals surface area contributed by atoms with E-state index in [-0.39, 0.29) is 62.7 Å². The zero-order valence-corrected chi connectivity index (χ0v) is 21.8. The second kappa shape index (κ2) is 15.2. The van der Waals surface area contributed by atoms with Crippen molar-refractivity contribution in [3.63, 3.8) is 0 Å². The average Bonchev–Trinajstić information content (AvgIpc) is 3.19. The fourth-order valence-corrected chi connectivity index (χ4v) is 3.82. The van der Waals surface area contributed by atoms with E-state index in [0.29, 0.717) is 12.8 Å². The van der Waals surface area contributed by atoms with Gasteiger partial charge in [0.25, 0.3) is 11.8 Å². The number of hydrogen-bond donors (Lipinski definition) is 6. The van der Waals surface area contributed by atoms with Crippen LogP contribution in [0.3, 0.4) is 0 Å². The number of anilines is 1. The average molecular weight is 546 g/mol. The molecule has 1 unspecified atom stereocenters. The molecule has 0 bridgehead atoms. The Balaban J connectivity index is 1.63. The second-order valence-corrected chi connectivity index (χ2v) is 9.33. The zero-order chi connectivity index (χ0) is 28.9. The minimum atomic E-state index is -0.925. The number of nitrogens with zero attached hydrogens (tertiary/aromatic N) is 1. The molecule has 0 radical (unpaired) electrons. The number of rotatable bonds is 16. The highest BCUT2D eigenvalue weighted by molar-refractivity contribution is 6.12. The lowest BCUT2D eigenvalue weighted by atomic mass is 9.96. The van der Waals surface area contributed by atoms with Crippen LogP contribution in [0, 0.1) is 5.92 Å². The molecule has 1 aliphatic rings. The third kappa shape index (κ3) is 10.9. The number of nitrogens with two attached hydrogens (primary N) is 1. The molecule has 1 aliphatic heterocycles. The van der Waals surface area contributed by atoms with Crippen molar-refractivity contribution < 1.29 is 39.0 Å². The molecule has 1 heterocycles. The van der Waals surface area contributed by atoms with Crippen molar-refractivity contribution in [2.75, 3.05) is 25.0 Å². The lowest BCUT2D eigenvalue weighted by Crippen LogP contribution is -2.38. The summed E-state index contributed by atoms with van der Waals surface area (Å²) in [5.41, 5.74) is 6.97. The summed E-state index contributed by atoms with van der Waals surface area (Å²) in [5.74, 6) is -3.67. The normalized spacial score (nSPS) is 14.2. The Morgan fingerprint density at radius 2 is 1.64 bits per heavy atom. The SMILES string of the molecule is CC(C[C@@H](N)Cc1ccc(O)c(NC(=O)CCCNC(=O)CNC(=O)CCCN2C(=O)C=CC2=O)c1)C(=O)O. The van der Waals surface area contributed by atoms with Crippen LogP contribution in [0.15, 0.2) is 30.4 Å². The van der Waals surface area contributed by atoms with Gasteiger partial charge in [-0.1, -0.05) is 13.0 Å². The predicted molar refractivity (Wildman–Crippen MR) is 140 cm³/mol. The summed E-state index contributed by atoms with van der Waals surface area (Å²) in [6.45, 7) is 1.64. The van der Waals surface area contributed by atoms with E-state index in [2.05, 4.69) is 16.0 Å². The van der Waals surface area contributed by atoms with Crippen LogP contribution in [0.25, 0.3) is 0 Å². The van der Waals surface area contributed by atoms with Gasteiger partial charge in [0.15, 0.2) is 0 Å². The van der Waals surface area contributed by atoms with Gasteiger partial charge in [0.05, 0.1) is 18.2 Å². The van der Waals surface area contributed by atoms with Crippen LogP contribution in [0.4, 0.5) is 5.69 Å². The molecule has 0 saturated carbocycles. The van der Waals surface area contributed by atoms with Crippen molar-refractivity contribution >= 4 is 41.2 Å². The van der Waals surface area contributed by atoms with Crippen LogP contribution >= 0.6 is 0 Å². The van der Waals surface area contributed by atoms with Crippen molar-refractivity contribution in [3.8, 4) is 5.75 Å². The van der Waals surface area contributed by atoms with Crippen molar-refractivity contribution in [1.29, 1.82) is 0 Å². The van der Waals surface area contributed by atoms with E-state index in [1.807, 2.05) is 0 Å². The minimum absolute atomic E-state index is 0.0476. The van der Waals surface area contributed by atoms with Crippen LogP contribution in [0.5, 0.6) is 5.75 Å². The monoisotopic (exact) mass is 545 g/mol. The number of aromatic hydroxyl groups is 1. The second-order valence-electron chi connectivity index (χ2n) is 9.33. The highest BCUT2D eigenvalue weighted by atomic mass is 16.4. The molecule has 0 saturated heterocycles. The predicted octanol–water partition coefficient (Wildman–Crippen LogP) is 0.0291. The summed E-state index contributed by atoms with van der Waals surface area (Å²) in [5, 5.41) is 26.7. The summed E-state index contributed by atoms with van der Waals surface area (Å²) < 4.78 is 0. The maximum absolute atomic E-state index is 12.3. The van der Waals surface area contributed by atoms with Gasteiger partial charge in [-0.3, -0.25) is 33.7 Å². The van der Waals surface area contributed by atoms with Gasteiger partial charge in [-0.15, -0.1) is 0 Å². The Morgan fingerprint density at radius 3 is 2.31 bits per heavy atom. The first-order valence-electron chi connectivity index (χ1n) is 12.6. The molecular weight excluding hydrogens is 510 g/mol. The number of amides is 5. The largest absolute Gasteiger partial charge is 0.506 e. The Kier molecular flexibility index (Phi) is 12.1. The summed E-state index contributed by atoms with van der Waals surface area (Å²) >= 11 is 0. The summed E-state index contributed by atoms with van der Waals surface area (Å²) in [7, 11) is 0. The molecule has 0 aliphatic carbocycles. The molecule has 7 N–H and O–H groups in total. The zero-order valence-electron chi connectivity index (χ0n) is 21.8. The molecule has 2 rings (SSSR count). The maximum Gasteiger partial charge on any atom is 0.306 e. The fourth-order valence-electron chi connectivity index (χ4n) is 3.82. The van der Waals surface area contributed by atoms with Gasteiger partial charge in [-0.2, -0.15) is 0 Å². The van der Waals surface area contributed by atoms with Gasteiger partial charge >= 0.3 is 5.97 Å². The van der Waals surface area contributed by atoms with Gasteiger partial charge in [0.1, 0.15) is 5.75 Å². The first kappa shape index (κ1) is 31.0. The highest BCUT2D eigenvalue weighted by Crippen LogP contribution is 2.25. The lowest BCUT2D eigenvalue weighted by molar-refractivity contribution is -0.141. The molecule has 2 atom stereocenters. The van der Waals surface area contributed by atoms with Gasteiger partial charge < -0.3 is 31.9 Å². The number of nitrogens with one attached hydrogen (secondary N) is 3. The van der Waals surface area contributed by atoms with Gasteiger partial charge in [-0.25, -0.2) is 0 Å². The van der Waals surface area contributed by atoms with Crippen molar-refractivity contribution in [2.24, 2.45) is 11.7 Å². The molecule has 39 heavy (non-hydrogen) atoms. The number of phenols is 1. The van der Waals surface area contributed by atoms with E-state index in [9.17, 15) is 33.9 Å². The quantitative estimate of drug-likeness (QED) is 0.0939. The van der Waals surface area contributed by atoms with E-state index in [1.54, 1.807) is 19.1 Å². The maximum atomic E-state index is 12.3. The smallest absolute Gasteiger partial charge is 0.306 e. The third-order valence-electron chi connectivity index (χ3n) is 5.95. The third-order valence-corrected chi connectivity index (χ3v) is 5.95. The van der Waals surface area contributed by atoms with Crippen molar-refractivity contribution in [1.82, 2.24) is 15.5 Å². The molecule has 212 valence electrons. The van der Waals surface area contributed by atoms with Gasteiger partial charge in [-0.05, 0) is 43.4 Å². The van der Waals surface area contributed by atoms with Gasteiger partial charge in [0.2, 0.25) is 17.7 Å². The molecule has 0 aromatic heterocycles. The van der Waals surface area contributed by atoms with Gasteiger partial charge in [0, 0.05) is 44.1 Å². The Morgan fingerprint density at radius 1 is 0.974 bits per heavy atom. The Hall–Kier alpha value is -4.26. The number of benzene rings is 1. The summed E-state index contributed by atoms with van der Waals surface area (Å²) in [6.07, 6.45) is 3.70. The van der Waals surface area contributed by atoms with E-state index < -0.39 is 41.6 Å². The fraction of sp³-hybridized carbons (Fsp3) is 0.462. The Labute approximate surface area is 225 Å². The number of phenolic OH excluding ortho intramolecular Hbond substituents is 1. The van der Waals surface area contributed by atoms with Crippen LogP contribution in [-0.2, 0) is 35.2 Å². The molecule has 13 heteroatoms. The molecule has 0 fully saturated rings. The van der Waals surface area contributed by atoms with Crippen LogP contribution < -0.4 is 21.7 Å². The molecular formula is C26H35N5O8. The molecule has 5 amide bonds. The number of carboxylic acid groups (broad SMARTS) is 1. The molecule has 1 aromatic rings. The van der Waals surface area contributed by atoms with Crippen LogP contribution in [0.1, 0.15) is 44.6 Å². The van der Waals surface area contributed by atoms with E-state index in [0.717, 1.165) is 10.5 Å². The number of aliphatic carboxylic acids is 1. The first-order valence-corrected chi connectivity index (χ1v) is 12.6. The topological polar surface area (TPSA) is 208 Å². The van der Waals surface area contributed by atoms with Crippen molar-refractivity contribution in [2.45, 2.75) is 51.5 Å². The van der Waals surface area contributed by atoms with E-state index >= 15 is 0 Å². The first-order chi connectivity index (χ1) is 18.5. The van der Waals surface area contributed by atoms with Crippen LogP contribution in [-0.4, -0.2) is 76.3 Å². The van der Waals surface area contributed by atoms with Crippen LogP contribution in [0.2, 0.25) is 0 Å². The number of hydrogen-bond acceptors (Lipinski definition) is 8. The number of carboxylic acids is 1. The number of carbonyl (C=O) groups is 6. The minimum Gasteiger partial charge on any atom is -0.506 e. The standard InChI is InChI=1S/C26H35N5O8/c1-16(26(38)39)12-18(27)13-17-6-7-20(32)19(14-17)30-22(34)4-2-10-28-23(35)15-29-21(33)5-3-11-31-24(36)8-9-25(31)37/h6-9,14,16,18,32H,2-5,10-13,15,27H2,1H3,(H,28,35)(H,29,33)(H,30,34)(H,38,39)/t16?,18-/m1/s1. The van der Waals surface area contributed by atoms with Crippen molar-refractivity contribution in [3.05, 3.63) is 35.9 Å². The highest BCUT2D eigenvalue weighted by Gasteiger charge is 2.22. The molecule has 1 aromatic carbocycles. The van der Waals surface area contributed by atoms with E-state index in [1.165, 1.54) is 18.2 Å². The lowest BCUT2D eigenvalue weighted by Gasteiger charge is -2.15. The van der Waals surface area contributed by atoms with E-state index in [4.69, 9.17) is 10.8 Å². The number of imide groups is 1. The summed E-state index contributed by atoms with van der Waals surface area (Å²) in [4.78, 5) is 71.0. The Bertz CT molecular complexity index is 1100.